The molecule has 0 aromatic heterocycles. The summed E-state index contributed by atoms with van der Waals surface area (Å²) in [5, 5.41) is 0. The van der Waals surface area contributed by atoms with E-state index in [1.807, 2.05) is 0 Å². The van der Waals surface area contributed by atoms with Crippen LogP contribution in [0.3, 0.4) is 0 Å². The van der Waals surface area contributed by atoms with Gasteiger partial charge in [0, 0.05) is 0 Å². The van der Waals surface area contributed by atoms with Crippen molar-refractivity contribution in [3.63, 3.8) is 0 Å². The molecular weight excluding hydrogens is 198 g/mol. The Balaban J connectivity index is 3.73. The summed E-state index contributed by atoms with van der Waals surface area (Å²) in [6.07, 6.45) is 0. The molecule has 7 heteroatoms. The topological polar surface area (TPSA) is 43.4 Å². The molecule has 0 aliphatic heterocycles. The lowest BCUT2D eigenvalue weighted by Gasteiger charge is -1.87. The molecule has 0 saturated carbocycles. The van der Waals surface area contributed by atoms with Crippen LogP contribution in [0.1, 0.15) is 0 Å². The third-order valence-corrected chi connectivity index (χ3v) is 1.70. The lowest BCUT2D eigenvalue weighted by atomic mass is 11.4. The minimum absolute atomic E-state index is 0.00144. The van der Waals surface area contributed by atoms with Gasteiger partial charge < -0.3 is 4.74 Å². The Kier molecular flexibility index (Phi) is 5.10. The molecule has 0 bridgehead atoms. The SMILES string of the molecule is O=C(OC(=O)P=S)P=S. The van der Waals surface area contributed by atoms with E-state index in [0.717, 1.165) is 0 Å². The van der Waals surface area contributed by atoms with Gasteiger partial charge in [-0.2, -0.15) is 0 Å². The van der Waals surface area contributed by atoms with Gasteiger partial charge in [-0.25, -0.2) is 9.59 Å². The van der Waals surface area contributed by atoms with Crippen LogP contribution >= 0.6 is 14.7 Å². The smallest absolute Gasteiger partial charge is 0.375 e. The van der Waals surface area contributed by atoms with Crippen molar-refractivity contribution in [2.75, 3.05) is 0 Å². The second-order valence-electron chi connectivity index (χ2n) is 0.816. The molecule has 0 heterocycles. The van der Waals surface area contributed by atoms with Crippen molar-refractivity contribution in [1.82, 2.24) is 0 Å². The number of carbonyl (C=O) groups is 2. The third-order valence-electron chi connectivity index (χ3n) is 0.324. The first-order chi connectivity index (χ1) is 4.20. The van der Waals surface area contributed by atoms with Crippen molar-refractivity contribution in [2.24, 2.45) is 0 Å². The highest BCUT2D eigenvalue weighted by Crippen LogP contribution is 2.05. The molecule has 0 N–H and O–H groups in total. The zero-order valence-corrected chi connectivity index (χ0v) is 7.36. The highest BCUT2D eigenvalue weighted by molar-refractivity contribution is 8.04. The van der Waals surface area contributed by atoms with E-state index in [1.165, 1.54) is 0 Å². The number of carbonyl (C=O) groups excluding carboxylic acids is 2. The van der Waals surface area contributed by atoms with Gasteiger partial charge in [0.05, 0.1) is 14.7 Å². The Morgan fingerprint density at radius 3 is 1.67 bits per heavy atom. The van der Waals surface area contributed by atoms with Gasteiger partial charge in [-0.1, -0.05) is 0 Å². The van der Waals surface area contributed by atoms with E-state index in [0.29, 0.717) is 0 Å². The number of ether oxygens (including phenoxy) is 1. The van der Waals surface area contributed by atoms with Gasteiger partial charge in [0.2, 0.25) is 0 Å². The van der Waals surface area contributed by atoms with Crippen molar-refractivity contribution in [3.05, 3.63) is 0 Å². The average molecular weight is 198 g/mol. The monoisotopic (exact) mass is 198 g/mol. The summed E-state index contributed by atoms with van der Waals surface area (Å²) in [7, 11) is -0.00287. The predicted molar refractivity (Wildman–Crippen MR) is 40.4 cm³/mol. The van der Waals surface area contributed by atoms with Crippen LogP contribution in [0.2, 0.25) is 0 Å². The number of hydrogen-bond acceptors (Lipinski definition) is 5. The molecule has 0 saturated heterocycles. The van der Waals surface area contributed by atoms with Gasteiger partial charge >= 0.3 is 11.4 Å². The average Bonchev–Trinajstić information content (AvgIpc) is 1.87. The molecule has 0 amide bonds. The van der Waals surface area contributed by atoms with Gasteiger partial charge in [-0.3, -0.25) is 0 Å². The highest BCUT2D eigenvalue weighted by Gasteiger charge is 2.03. The summed E-state index contributed by atoms with van der Waals surface area (Å²) in [6.45, 7) is 0. The van der Waals surface area contributed by atoms with Crippen LogP contribution in [-0.4, -0.2) is 11.4 Å². The molecule has 0 aromatic rings. The predicted octanol–water partition coefficient (Wildman–Crippen LogP) is 2.06. The summed E-state index contributed by atoms with van der Waals surface area (Å²) in [5.74, 6) is 0. The van der Waals surface area contributed by atoms with E-state index in [1.54, 1.807) is 0 Å². The molecule has 0 aliphatic rings. The fourth-order valence-corrected chi connectivity index (χ4v) is 0.648. The molecular formula is C2O3P2S2. The Labute approximate surface area is 64.4 Å². The van der Waals surface area contributed by atoms with Gasteiger partial charge in [0.1, 0.15) is 0 Å². The molecule has 0 aromatic carbocycles. The molecule has 0 radical (unpaired) electrons. The van der Waals surface area contributed by atoms with Crippen LogP contribution in [0.15, 0.2) is 0 Å². The maximum atomic E-state index is 10.2. The normalized spacial score (nSPS) is 9.33. The second kappa shape index (κ2) is 5.00. The minimum atomic E-state index is -0.743. The molecule has 0 atom stereocenters. The van der Waals surface area contributed by atoms with Crippen LogP contribution in [0.4, 0.5) is 9.59 Å². The van der Waals surface area contributed by atoms with Gasteiger partial charge in [-0.15, -0.1) is 0 Å². The van der Waals surface area contributed by atoms with E-state index < -0.39 is 11.4 Å². The molecule has 0 fully saturated rings. The maximum Gasteiger partial charge on any atom is 0.375 e. The molecule has 0 unspecified atom stereocenters. The minimum Gasteiger partial charge on any atom is -0.379 e. The van der Waals surface area contributed by atoms with Crippen molar-refractivity contribution < 1.29 is 14.3 Å². The third kappa shape index (κ3) is 4.67. The summed E-state index contributed by atoms with van der Waals surface area (Å²) >= 11 is 8.50. The van der Waals surface area contributed by atoms with Crippen molar-refractivity contribution >= 4 is 49.7 Å². The van der Waals surface area contributed by atoms with Crippen molar-refractivity contribution in [3.8, 4) is 0 Å². The highest BCUT2D eigenvalue weighted by atomic mass is 32.4. The van der Waals surface area contributed by atoms with Crippen LogP contribution in [0, 0.1) is 0 Å². The van der Waals surface area contributed by atoms with E-state index in [-0.39, 0.29) is 14.7 Å². The Morgan fingerprint density at radius 1 is 1.11 bits per heavy atom. The van der Waals surface area contributed by atoms with Crippen molar-refractivity contribution in [2.45, 2.75) is 0 Å². The Morgan fingerprint density at radius 2 is 1.44 bits per heavy atom. The standard InChI is InChI=1S/C2O3P2S2/c3-1(6-8)5-2(4)7-9. The quantitative estimate of drug-likeness (QED) is 0.501. The first kappa shape index (κ1) is 9.18. The molecule has 9 heavy (non-hydrogen) atoms. The first-order valence-electron chi connectivity index (χ1n) is 1.63. The first-order valence-corrected chi connectivity index (χ1v) is 5.44. The van der Waals surface area contributed by atoms with E-state index in [4.69, 9.17) is 0 Å². The summed E-state index contributed by atoms with van der Waals surface area (Å²) in [4.78, 5) is 20.3. The fraction of sp³-hybridized carbons (Fsp3) is 0. The maximum absolute atomic E-state index is 10.2. The largest absolute Gasteiger partial charge is 0.379 e. The molecule has 48 valence electrons. The number of hydrogen-bond donors (Lipinski definition) is 0. The summed E-state index contributed by atoms with van der Waals surface area (Å²) in [6, 6.07) is 0. The number of rotatable bonds is 2. The summed E-state index contributed by atoms with van der Waals surface area (Å²) < 4.78 is 4.04. The Hall–Kier alpha value is 0.180. The van der Waals surface area contributed by atoms with Crippen LogP contribution in [0.5, 0.6) is 0 Å². The second-order valence-corrected chi connectivity index (χ2v) is 3.01. The lowest BCUT2D eigenvalue weighted by molar-refractivity contribution is 0.186. The van der Waals surface area contributed by atoms with E-state index in [9.17, 15) is 9.59 Å². The van der Waals surface area contributed by atoms with Crippen molar-refractivity contribution in [1.29, 1.82) is 0 Å². The van der Waals surface area contributed by atoms with Gasteiger partial charge in [0.15, 0.2) is 0 Å². The fourth-order valence-electron chi connectivity index (χ4n) is 0.112. The van der Waals surface area contributed by atoms with E-state index in [2.05, 4.69) is 28.4 Å². The zero-order chi connectivity index (χ0) is 7.28. The van der Waals surface area contributed by atoms with Crippen LogP contribution in [0.25, 0.3) is 0 Å². The molecule has 3 nitrogen and oxygen atoms in total. The molecule has 0 spiro atoms. The molecule has 0 aliphatic carbocycles. The Bertz CT molecular complexity index is 149. The lowest BCUT2D eigenvalue weighted by Crippen LogP contribution is -1.94. The van der Waals surface area contributed by atoms with Crippen LogP contribution in [-0.2, 0) is 28.4 Å². The van der Waals surface area contributed by atoms with Crippen LogP contribution < -0.4 is 0 Å². The van der Waals surface area contributed by atoms with Gasteiger partial charge in [0.25, 0.3) is 0 Å². The zero-order valence-electron chi connectivity index (χ0n) is 3.94. The van der Waals surface area contributed by atoms with E-state index >= 15 is 0 Å². The summed E-state index contributed by atoms with van der Waals surface area (Å²) in [5.41, 5.74) is -1.49. The molecule has 0 rings (SSSR count). The van der Waals surface area contributed by atoms with Gasteiger partial charge in [-0.05, 0) is 23.6 Å².